The maximum atomic E-state index is 12.1. The van der Waals surface area contributed by atoms with E-state index in [0.717, 1.165) is 16.5 Å². The number of fused-ring (bicyclic) bond motifs is 1. The molecule has 0 atom stereocenters. The second kappa shape index (κ2) is 3.89. The maximum Gasteiger partial charge on any atom is 0.253 e. The van der Waals surface area contributed by atoms with Gasteiger partial charge < -0.3 is 14.6 Å². The minimum Gasteiger partial charge on any atom is -0.377 e. The zero-order chi connectivity index (χ0) is 11.8. The van der Waals surface area contributed by atoms with Crippen LogP contribution < -0.4 is 5.32 Å². The van der Waals surface area contributed by atoms with Crippen LogP contribution >= 0.6 is 0 Å². The number of para-hydroxylation sites is 1. The van der Waals surface area contributed by atoms with Gasteiger partial charge in [0.2, 0.25) is 0 Å². The fourth-order valence-electron chi connectivity index (χ4n) is 2.10. The Morgan fingerprint density at radius 2 is 2.18 bits per heavy atom. The molecule has 0 saturated carbocycles. The number of ether oxygens (including phenoxy) is 1. The fraction of sp³-hybridized carbons (Fsp3) is 0.308. The molecule has 0 radical (unpaired) electrons. The Kier molecular flexibility index (Phi) is 2.37. The predicted molar refractivity (Wildman–Crippen MR) is 65.0 cm³/mol. The fourth-order valence-corrected chi connectivity index (χ4v) is 2.10. The van der Waals surface area contributed by atoms with E-state index in [4.69, 9.17) is 4.74 Å². The van der Waals surface area contributed by atoms with Crippen LogP contribution in [0.15, 0.2) is 30.5 Å². The van der Waals surface area contributed by atoms with Crippen LogP contribution in [0.2, 0.25) is 0 Å². The molecule has 0 bridgehead atoms. The second-order valence-corrected chi connectivity index (χ2v) is 4.38. The Bertz CT molecular complexity index is 570. The van der Waals surface area contributed by atoms with Crippen molar-refractivity contribution in [1.29, 1.82) is 0 Å². The molecule has 0 unspecified atom stereocenters. The number of aryl methyl sites for hydroxylation is 1. The first-order valence-corrected chi connectivity index (χ1v) is 5.68. The lowest BCUT2D eigenvalue weighted by Crippen LogP contribution is -2.48. The molecule has 1 aliphatic heterocycles. The Morgan fingerprint density at radius 3 is 2.88 bits per heavy atom. The summed E-state index contributed by atoms with van der Waals surface area (Å²) in [4.78, 5) is 12.1. The van der Waals surface area contributed by atoms with Gasteiger partial charge in [-0.3, -0.25) is 4.79 Å². The van der Waals surface area contributed by atoms with Crippen molar-refractivity contribution in [1.82, 2.24) is 9.88 Å². The lowest BCUT2D eigenvalue weighted by atomic mass is 10.1. The highest BCUT2D eigenvalue weighted by Gasteiger charge is 2.22. The second-order valence-electron chi connectivity index (χ2n) is 4.38. The van der Waals surface area contributed by atoms with E-state index >= 15 is 0 Å². The van der Waals surface area contributed by atoms with Crippen LogP contribution in [0.1, 0.15) is 10.4 Å². The van der Waals surface area contributed by atoms with Crippen LogP contribution in [0.25, 0.3) is 10.9 Å². The van der Waals surface area contributed by atoms with Crippen molar-refractivity contribution in [2.24, 2.45) is 7.05 Å². The van der Waals surface area contributed by atoms with Crippen molar-refractivity contribution in [2.75, 3.05) is 13.2 Å². The Labute approximate surface area is 99.2 Å². The molecule has 1 amide bonds. The minimum atomic E-state index is -0.0184. The standard InChI is InChI=1S/C13H14N2O2/c1-15-6-11(10-4-2-3-5-12(10)15)13(16)14-9-7-17-8-9/h2-6,9H,7-8H2,1H3,(H,14,16). The van der Waals surface area contributed by atoms with Crippen LogP contribution in [0.3, 0.4) is 0 Å². The molecule has 2 heterocycles. The molecular formula is C13H14N2O2. The van der Waals surface area contributed by atoms with Gasteiger partial charge in [-0.05, 0) is 6.07 Å². The van der Waals surface area contributed by atoms with Gasteiger partial charge in [0.05, 0.1) is 24.8 Å². The zero-order valence-electron chi connectivity index (χ0n) is 9.64. The summed E-state index contributed by atoms with van der Waals surface area (Å²) in [6, 6.07) is 8.08. The van der Waals surface area contributed by atoms with E-state index in [1.807, 2.05) is 42.1 Å². The average molecular weight is 230 g/mol. The number of nitrogens with one attached hydrogen (secondary N) is 1. The average Bonchev–Trinajstić information content (AvgIpc) is 2.62. The lowest BCUT2D eigenvalue weighted by molar-refractivity contribution is -0.00343. The summed E-state index contributed by atoms with van der Waals surface area (Å²) >= 11 is 0. The van der Waals surface area contributed by atoms with E-state index < -0.39 is 0 Å². The third-order valence-corrected chi connectivity index (χ3v) is 3.11. The van der Waals surface area contributed by atoms with Crippen molar-refractivity contribution in [3.05, 3.63) is 36.0 Å². The predicted octanol–water partition coefficient (Wildman–Crippen LogP) is 1.31. The Morgan fingerprint density at radius 1 is 1.41 bits per heavy atom. The summed E-state index contributed by atoms with van der Waals surface area (Å²) in [6.07, 6.45) is 1.87. The summed E-state index contributed by atoms with van der Waals surface area (Å²) in [5, 5.41) is 3.95. The molecule has 4 heteroatoms. The van der Waals surface area contributed by atoms with Gasteiger partial charge >= 0.3 is 0 Å². The molecule has 1 aromatic carbocycles. The van der Waals surface area contributed by atoms with Gasteiger partial charge in [0.1, 0.15) is 0 Å². The molecule has 17 heavy (non-hydrogen) atoms. The van der Waals surface area contributed by atoms with E-state index in [1.54, 1.807) is 0 Å². The van der Waals surface area contributed by atoms with E-state index in [2.05, 4.69) is 5.32 Å². The van der Waals surface area contributed by atoms with Gasteiger partial charge in [-0.2, -0.15) is 0 Å². The first kappa shape index (κ1) is 10.4. The Balaban J connectivity index is 1.96. The summed E-state index contributed by atoms with van der Waals surface area (Å²) in [7, 11) is 1.95. The maximum absolute atomic E-state index is 12.1. The molecule has 3 rings (SSSR count). The minimum absolute atomic E-state index is 0.0184. The van der Waals surface area contributed by atoms with Crippen molar-refractivity contribution < 1.29 is 9.53 Å². The summed E-state index contributed by atoms with van der Waals surface area (Å²) in [5.41, 5.74) is 1.80. The number of amides is 1. The third kappa shape index (κ3) is 1.70. The zero-order valence-corrected chi connectivity index (χ0v) is 9.64. The molecule has 2 aromatic rings. The number of hydrogen-bond acceptors (Lipinski definition) is 2. The number of rotatable bonds is 2. The Hall–Kier alpha value is -1.81. The van der Waals surface area contributed by atoms with Crippen LogP contribution in [-0.4, -0.2) is 29.7 Å². The number of carbonyl (C=O) groups is 1. The smallest absolute Gasteiger partial charge is 0.253 e. The summed E-state index contributed by atoms with van der Waals surface area (Å²) < 4.78 is 7.02. The normalized spacial score (nSPS) is 15.8. The van der Waals surface area contributed by atoms with Crippen molar-refractivity contribution in [3.63, 3.8) is 0 Å². The van der Waals surface area contributed by atoms with E-state index in [1.165, 1.54) is 0 Å². The number of hydrogen-bond donors (Lipinski definition) is 1. The highest BCUT2D eigenvalue weighted by atomic mass is 16.5. The number of nitrogens with zero attached hydrogens (tertiary/aromatic N) is 1. The summed E-state index contributed by atoms with van der Waals surface area (Å²) in [5.74, 6) is -0.0184. The van der Waals surface area contributed by atoms with Crippen molar-refractivity contribution in [3.8, 4) is 0 Å². The van der Waals surface area contributed by atoms with Crippen LogP contribution in [0, 0.1) is 0 Å². The molecule has 4 nitrogen and oxygen atoms in total. The first-order chi connectivity index (χ1) is 8.25. The monoisotopic (exact) mass is 230 g/mol. The molecule has 0 spiro atoms. The van der Waals surface area contributed by atoms with Gasteiger partial charge in [0.15, 0.2) is 0 Å². The SMILES string of the molecule is Cn1cc(C(=O)NC2COC2)c2ccccc21. The highest BCUT2D eigenvalue weighted by Crippen LogP contribution is 2.20. The first-order valence-electron chi connectivity index (χ1n) is 5.68. The van der Waals surface area contributed by atoms with Crippen LogP contribution in [0.4, 0.5) is 0 Å². The molecule has 1 saturated heterocycles. The molecule has 1 aromatic heterocycles. The number of benzene rings is 1. The highest BCUT2D eigenvalue weighted by molar-refractivity contribution is 6.07. The lowest BCUT2D eigenvalue weighted by Gasteiger charge is -2.26. The van der Waals surface area contributed by atoms with Crippen molar-refractivity contribution in [2.45, 2.75) is 6.04 Å². The van der Waals surface area contributed by atoms with Gasteiger partial charge in [0, 0.05) is 24.1 Å². The molecule has 88 valence electrons. The van der Waals surface area contributed by atoms with Crippen molar-refractivity contribution >= 4 is 16.8 Å². The molecular weight excluding hydrogens is 216 g/mol. The molecule has 0 aliphatic carbocycles. The largest absolute Gasteiger partial charge is 0.377 e. The molecule has 1 aliphatic rings. The van der Waals surface area contributed by atoms with Crippen LogP contribution in [0.5, 0.6) is 0 Å². The topological polar surface area (TPSA) is 43.3 Å². The third-order valence-electron chi connectivity index (χ3n) is 3.11. The molecule has 1 fully saturated rings. The van der Waals surface area contributed by atoms with Gasteiger partial charge in [-0.15, -0.1) is 0 Å². The number of aromatic nitrogens is 1. The quantitative estimate of drug-likeness (QED) is 0.845. The van der Waals surface area contributed by atoms with Gasteiger partial charge in [-0.25, -0.2) is 0 Å². The van der Waals surface area contributed by atoms with E-state index in [9.17, 15) is 4.79 Å². The van der Waals surface area contributed by atoms with E-state index in [0.29, 0.717) is 13.2 Å². The van der Waals surface area contributed by atoms with E-state index in [-0.39, 0.29) is 11.9 Å². The van der Waals surface area contributed by atoms with Gasteiger partial charge in [-0.1, -0.05) is 18.2 Å². The van der Waals surface area contributed by atoms with Crippen LogP contribution in [-0.2, 0) is 11.8 Å². The number of carbonyl (C=O) groups excluding carboxylic acids is 1. The van der Waals surface area contributed by atoms with Gasteiger partial charge in [0.25, 0.3) is 5.91 Å². The summed E-state index contributed by atoms with van der Waals surface area (Å²) in [6.45, 7) is 1.24. The molecule has 1 N–H and O–H groups in total.